The number of halogens is 1. The number of methoxy groups -OCH3 is 1. The van der Waals surface area contributed by atoms with Gasteiger partial charge in [0.05, 0.1) is 17.8 Å². The third kappa shape index (κ3) is 2.33. The van der Waals surface area contributed by atoms with Crippen molar-refractivity contribution in [1.29, 1.82) is 0 Å². The van der Waals surface area contributed by atoms with Gasteiger partial charge in [-0.25, -0.2) is 4.79 Å². The summed E-state index contributed by atoms with van der Waals surface area (Å²) in [6.07, 6.45) is 0. The van der Waals surface area contributed by atoms with Gasteiger partial charge in [-0.15, -0.1) is 0 Å². The van der Waals surface area contributed by atoms with Gasteiger partial charge in [-0.1, -0.05) is 11.6 Å². The van der Waals surface area contributed by atoms with E-state index in [9.17, 15) is 9.90 Å². The number of benzene rings is 1. The highest BCUT2D eigenvalue weighted by Gasteiger charge is 2.15. The van der Waals surface area contributed by atoms with Crippen LogP contribution in [0.4, 0.5) is 5.69 Å². The Labute approximate surface area is 93.0 Å². The molecule has 0 aliphatic carbocycles. The Morgan fingerprint density at radius 3 is 2.53 bits per heavy atom. The molecule has 0 unspecified atom stereocenters. The van der Waals surface area contributed by atoms with Gasteiger partial charge in [-0.2, -0.15) is 0 Å². The predicted octanol–water partition coefficient (Wildman–Crippen LogP) is 1.90. The van der Waals surface area contributed by atoms with Crippen LogP contribution in [-0.4, -0.2) is 32.3 Å². The molecule has 1 aromatic rings. The average Bonchev–Trinajstić information content (AvgIpc) is 2.19. The monoisotopic (exact) mass is 229 g/mol. The highest BCUT2D eigenvalue weighted by atomic mass is 35.5. The fourth-order valence-corrected chi connectivity index (χ4v) is 1.50. The molecular formula is C10H12ClNO3. The molecule has 15 heavy (non-hydrogen) atoms. The molecule has 0 amide bonds. The van der Waals surface area contributed by atoms with E-state index in [-0.39, 0.29) is 11.3 Å². The van der Waals surface area contributed by atoms with Gasteiger partial charge in [0.2, 0.25) is 0 Å². The topological polar surface area (TPSA) is 49.8 Å². The van der Waals surface area contributed by atoms with E-state index < -0.39 is 5.97 Å². The second-order valence-electron chi connectivity index (χ2n) is 3.21. The van der Waals surface area contributed by atoms with E-state index in [4.69, 9.17) is 11.6 Å². The minimum absolute atomic E-state index is 0.0631. The van der Waals surface area contributed by atoms with Gasteiger partial charge >= 0.3 is 5.97 Å². The largest absolute Gasteiger partial charge is 0.507 e. The molecule has 0 fully saturated rings. The molecule has 0 radical (unpaired) electrons. The lowest BCUT2D eigenvalue weighted by molar-refractivity contribution is 0.0597. The number of nitrogens with zero attached hydrogens (tertiary/aromatic N) is 1. The lowest BCUT2D eigenvalue weighted by atomic mass is 10.1. The molecule has 1 rings (SSSR count). The van der Waals surface area contributed by atoms with Crippen molar-refractivity contribution in [3.8, 4) is 5.75 Å². The van der Waals surface area contributed by atoms with Gasteiger partial charge in [0.15, 0.2) is 0 Å². The first-order valence-corrected chi connectivity index (χ1v) is 4.63. The van der Waals surface area contributed by atoms with E-state index in [1.165, 1.54) is 19.2 Å². The smallest absolute Gasteiger partial charge is 0.341 e. The summed E-state index contributed by atoms with van der Waals surface area (Å²) < 4.78 is 4.50. The molecular weight excluding hydrogens is 218 g/mol. The first kappa shape index (κ1) is 11.7. The number of rotatable bonds is 2. The van der Waals surface area contributed by atoms with Crippen LogP contribution in [0.5, 0.6) is 5.75 Å². The summed E-state index contributed by atoms with van der Waals surface area (Å²) in [5.41, 5.74) is 0.704. The minimum atomic E-state index is -0.611. The zero-order valence-corrected chi connectivity index (χ0v) is 9.50. The maximum absolute atomic E-state index is 11.2. The molecule has 0 saturated heterocycles. The number of hydrogen-bond acceptors (Lipinski definition) is 4. The fraction of sp³-hybridized carbons (Fsp3) is 0.300. The average molecular weight is 230 g/mol. The number of esters is 1. The molecule has 4 nitrogen and oxygen atoms in total. The van der Waals surface area contributed by atoms with Gasteiger partial charge in [0, 0.05) is 20.2 Å². The van der Waals surface area contributed by atoms with E-state index in [1.807, 2.05) is 0 Å². The lowest BCUT2D eigenvalue weighted by Crippen LogP contribution is -2.10. The maximum atomic E-state index is 11.2. The number of phenols is 1. The Morgan fingerprint density at radius 2 is 2.07 bits per heavy atom. The van der Waals surface area contributed by atoms with Crippen molar-refractivity contribution in [2.24, 2.45) is 0 Å². The van der Waals surface area contributed by atoms with Crippen LogP contribution in [0.15, 0.2) is 12.1 Å². The minimum Gasteiger partial charge on any atom is -0.507 e. The summed E-state index contributed by atoms with van der Waals surface area (Å²) in [6.45, 7) is 0. The zero-order valence-electron chi connectivity index (χ0n) is 8.74. The van der Waals surface area contributed by atoms with Crippen LogP contribution in [0, 0.1) is 0 Å². The Morgan fingerprint density at radius 1 is 1.47 bits per heavy atom. The van der Waals surface area contributed by atoms with Crippen LogP contribution in [0.2, 0.25) is 5.02 Å². The molecule has 0 aromatic heterocycles. The summed E-state index contributed by atoms with van der Waals surface area (Å²) in [7, 11) is 4.83. The van der Waals surface area contributed by atoms with E-state index in [0.29, 0.717) is 10.7 Å². The number of anilines is 1. The fourth-order valence-electron chi connectivity index (χ4n) is 1.17. The summed E-state index contributed by atoms with van der Waals surface area (Å²) in [4.78, 5) is 13.0. The number of aromatic hydroxyl groups is 1. The van der Waals surface area contributed by atoms with Crippen molar-refractivity contribution < 1.29 is 14.6 Å². The van der Waals surface area contributed by atoms with E-state index in [2.05, 4.69) is 4.74 Å². The van der Waals surface area contributed by atoms with E-state index in [1.54, 1.807) is 19.0 Å². The van der Waals surface area contributed by atoms with Gasteiger partial charge in [0.1, 0.15) is 11.3 Å². The molecule has 0 spiro atoms. The highest BCUT2D eigenvalue weighted by molar-refractivity contribution is 6.33. The summed E-state index contributed by atoms with van der Waals surface area (Å²) in [5.74, 6) is -0.755. The summed E-state index contributed by atoms with van der Waals surface area (Å²) in [5, 5.41) is 9.97. The first-order chi connectivity index (χ1) is 6.97. The zero-order chi connectivity index (χ0) is 11.6. The first-order valence-electron chi connectivity index (χ1n) is 4.25. The number of hydrogen-bond donors (Lipinski definition) is 1. The van der Waals surface area contributed by atoms with Crippen LogP contribution in [0.3, 0.4) is 0 Å². The van der Waals surface area contributed by atoms with Gasteiger partial charge in [0.25, 0.3) is 0 Å². The number of carbonyl (C=O) groups excluding carboxylic acids is 1. The summed E-state index contributed by atoms with van der Waals surface area (Å²) in [6, 6.07) is 2.81. The van der Waals surface area contributed by atoms with Crippen LogP contribution in [0.25, 0.3) is 0 Å². The molecule has 0 atom stereocenters. The quantitative estimate of drug-likeness (QED) is 0.787. The third-order valence-electron chi connectivity index (χ3n) is 1.95. The van der Waals surface area contributed by atoms with Crippen LogP contribution in [0.1, 0.15) is 10.4 Å². The second-order valence-corrected chi connectivity index (χ2v) is 3.61. The van der Waals surface area contributed by atoms with Crippen LogP contribution < -0.4 is 4.90 Å². The highest BCUT2D eigenvalue weighted by Crippen LogP contribution is 2.32. The number of ether oxygens (including phenoxy) is 1. The molecule has 0 bridgehead atoms. The van der Waals surface area contributed by atoms with Crippen molar-refractivity contribution in [3.05, 3.63) is 22.7 Å². The number of phenolic OH excluding ortho intramolecular Hbond substituents is 1. The standard InChI is InChI=1S/C10H12ClNO3/c1-12(2)8-5-9(13)6(4-7(8)11)10(14)15-3/h4-5,13H,1-3H3. The van der Waals surface area contributed by atoms with Crippen molar-refractivity contribution in [3.63, 3.8) is 0 Å². The maximum Gasteiger partial charge on any atom is 0.341 e. The number of carbonyl (C=O) groups is 1. The van der Waals surface area contributed by atoms with E-state index >= 15 is 0 Å². The Kier molecular flexibility index (Phi) is 3.42. The molecule has 1 aromatic carbocycles. The predicted molar refractivity (Wildman–Crippen MR) is 58.8 cm³/mol. The van der Waals surface area contributed by atoms with Gasteiger partial charge < -0.3 is 14.7 Å². The molecule has 5 heteroatoms. The molecule has 0 saturated carbocycles. The van der Waals surface area contributed by atoms with Crippen molar-refractivity contribution in [2.75, 3.05) is 26.1 Å². The van der Waals surface area contributed by atoms with Crippen molar-refractivity contribution >= 4 is 23.3 Å². The van der Waals surface area contributed by atoms with Crippen molar-refractivity contribution in [1.82, 2.24) is 0 Å². The van der Waals surface area contributed by atoms with Gasteiger partial charge in [-0.05, 0) is 6.07 Å². The second kappa shape index (κ2) is 4.40. The molecule has 0 aliphatic heterocycles. The third-order valence-corrected chi connectivity index (χ3v) is 2.25. The summed E-state index contributed by atoms with van der Waals surface area (Å²) >= 11 is 5.94. The Bertz CT molecular complexity index is 390. The molecule has 82 valence electrons. The Balaban J connectivity index is 3.25. The molecule has 1 N–H and O–H groups in total. The molecule has 0 heterocycles. The van der Waals surface area contributed by atoms with Gasteiger partial charge in [-0.3, -0.25) is 0 Å². The van der Waals surface area contributed by atoms with Crippen molar-refractivity contribution in [2.45, 2.75) is 0 Å². The Hall–Kier alpha value is -1.42. The SMILES string of the molecule is COC(=O)c1cc(Cl)c(N(C)C)cc1O. The van der Waals surface area contributed by atoms with Crippen LogP contribution in [-0.2, 0) is 4.74 Å². The molecule has 0 aliphatic rings. The van der Waals surface area contributed by atoms with E-state index in [0.717, 1.165) is 0 Å². The van der Waals surface area contributed by atoms with Crippen LogP contribution >= 0.6 is 11.6 Å². The lowest BCUT2D eigenvalue weighted by Gasteiger charge is -2.15. The normalized spacial score (nSPS) is 9.87.